The molecule has 0 radical (unpaired) electrons. The van der Waals surface area contributed by atoms with Crippen molar-refractivity contribution < 1.29 is 9.47 Å². The third-order valence-corrected chi connectivity index (χ3v) is 3.75. The highest BCUT2D eigenvalue weighted by Gasteiger charge is 2.15. The molecule has 0 saturated heterocycles. The van der Waals surface area contributed by atoms with Crippen LogP contribution < -0.4 is 9.47 Å². The van der Waals surface area contributed by atoms with E-state index in [9.17, 15) is 0 Å². The molecule has 94 valence electrons. The molecule has 1 aromatic heterocycles. The minimum atomic E-state index is 0.675. The van der Waals surface area contributed by atoms with Crippen LogP contribution in [0.15, 0.2) is 12.1 Å². The maximum atomic E-state index is 6.38. The first-order valence-electron chi connectivity index (χ1n) is 6.03. The first-order chi connectivity index (χ1) is 8.66. The largest absolute Gasteiger partial charge is 0.490 e. The number of fused-ring (bicyclic) bond motifs is 2. The van der Waals surface area contributed by atoms with Gasteiger partial charge in [-0.15, -0.1) is 0 Å². The van der Waals surface area contributed by atoms with Gasteiger partial charge >= 0.3 is 0 Å². The van der Waals surface area contributed by atoms with Crippen molar-refractivity contribution in [3.63, 3.8) is 0 Å². The first-order valence-corrected chi connectivity index (χ1v) is 6.40. The lowest BCUT2D eigenvalue weighted by Crippen LogP contribution is -1.97. The zero-order chi connectivity index (χ0) is 12.7. The Balaban J connectivity index is 2.28. The quantitative estimate of drug-likeness (QED) is 0.727. The van der Waals surface area contributed by atoms with Gasteiger partial charge in [-0.1, -0.05) is 11.6 Å². The Morgan fingerprint density at radius 2 is 1.78 bits per heavy atom. The second-order valence-corrected chi connectivity index (χ2v) is 4.88. The van der Waals surface area contributed by atoms with Gasteiger partial charge in [0.05, 0.1) is 23.8 Å². The van der Waals surface area contributed by atoms with Crippen molar-refractivity contribution in [2.45, 2.75) is 20.3 Å². The number of ether oxygens (including phenoxy) is 2. The summed E-state index contributed by atoms with van der Waals surface area (Å²) >= 11 is 6.38. The maximum Gasteiger partial charge on any atom is 0.163 e. The van der Waals surface area contributed by atoms with Crippen molar-refractivity contribution in [2.24, 2.45) is 0 Å². The van der Waals surface area contributed by atoms with Crippen molar-refractivity contribution in [3.05, 3.63) is 28.4 Å². The lowest BCUT2D eigenvalue weighted by molar-refractivity contribution is 0.297. The van der Waals surface area contributed by atoms with Crippen LogP contribution in [0.4, 0.5) is 0 Å². The normalized spacial score (nSPS) is 14.6. The smallest absolute Gasteiger partial charge is 0.163 e. The molecule has 0 fully saturated rings. The van der Waals surface area contributed by atoms with Crippen molar-refractivity contribution in [2.75, 3.05) is 13.2 Å². The SMILES string of the molecule is Cc1nc2cc3c(cc2c(Cl)c1C)OCCCO3. The predicted molar refractivity (Wildman–Crippen MR) is 71.8 cm³/mol. The number of hydrogen-bond donors (Lipinski definition) is 0. The van der Waals surface area contributed by atoms with E-state index in [1.54, 1.807) is 0 Å². The number of benzene rings is 1. The lowest BCUT2D eigenvalue weighted by Gasteiger charge is -2.11. The fraction of sp³-hybridized carbons (Fsp3) is 0.357. The van der Waals surface area contributed by atoms with Crippen LogP contribution in [0.2, 0.25) is 5.02 Å². The summed E-state index contributed by atoms with van der Waals surface area (Å²) in [6, 6.07) is 3.84. The van der Waals surface area contributed by atoms with Crippen LogP contribution >= 0.6 is 11.6 Å². The van der Waals surface area contributed by atoms with Gasteiger partial charge in [0.15, 0.2) is 11.5 Å². The van der Waals surface area contributed by atoms with Gasteiger partial charge in [-0.25, -0.2) is 0 Å². The molecule has 2 heterocycles. The van der Waals surface area contributed by atoms with E-state index < -0.39 is 0 Å². The number of pyridine rings is 1. The number of aryl methyl sites for hydroxylation is 1. The average molecular weight is 264 g/mol. The van der Waals surface area contributed by atoms with Crippen molar-refractivity contribution in [1.82, 2.24) is 4.98 Å². The van der Waals surface area contributed by atoms with Crippen molar-refractivity contribution in [1.29, 1.82) is 0 Å². The number of halogens is 1. The average Bonchev–Trinajstić information content (AvgIpc) is 2.59. The zero-order valence-corrected chi connectivity index (χ0v) is 11.2. The highest BCUT2D eigenvalue weighted by Crippen LogP contribution is 2.37. The fourth-order valence-electron chi connectivity index (χ4n) is 2.09. The molecule has 0 spiro atoms. The summed E-state index contributed by atoms with van der Waals surface area (Å²) in [6.45, 7) is 5.29. The van der Waals surface area contributed by atoms with Crippen LogP contribution in [-0.4, -0.2) is 18.2 Å². The predicted octanol–water partition coefficient (Wildman–Crippen LogP) is 3.67. The van der Waals surface area contributed by atoms with Gasteiger partial charge in [0.1, 0.15) is 0 Å². The summed E-state index contributed by atoms with van der Waals surface area (Å²) < 4.78 is 11.3. The van der Waals surface area contributed by atoms with Gasteiger partial charge in [-0.3, -0.25) is 4.98 Å². The van der Waals surface area contributed by atoms with Gasteiger partial charge in [0, 0.05) is 23.6 Å². The zero-order valence-electron chi connectivity index (χ0n) is 10.4. The lowest BCUT2D eigenvalue weighted by atomic mass is 10.1. The van der Waals surface area contributed by atoms with E-state index in [1.165, 1.54) is 0 Å². The van der Waals surface area contributed by atoms with Crippen molar-refractivity contribution in [3.8, 4) is 11.5 Å². The summed E-state index contributed by atoms with van der Waals surface area (Å²) in [5.41, 5.74) is 2.81. The molecule has 0 unspecified atom stereocenters. The number of rotatable bonds is 0. The topological polar surface area (TPSA) is 31.4 Å². The molecule has 0 N–H and O–H groups in total. The molecular weight excluding hydrogens is 250 g/mol. The number of hydrogen-bond acceptors (Lipinski definition) is 3. The second kappa shape index (κ2) is 4.32. The number of nitrogens with zero attached hydrogens (tertiary/aromatic N) is 1. The van der Waals surface area contributed by atoms with Gasteiger partial charge < -0.3 is 9.47 Å². The molecule has 0 atom stereocenters. The van der Waals surface area contributed by atoms with Crippen LogP contribution in [0, 0.1) is 13.8 Å². The molecule has 0 aliphatic carbocycles. The van der Waals surface area contributed by atoms with E-state index in [0.717, 1.165) is 45.1 Å². The summed E-state index contributed by atoms with van der Waals surface area (Å²) in [6.07, 6.45) is 0.893. The molecule has 2 aromatic rings. The van der Waals surface area contributed by atoms with Gasteiger partial charge in [0.2, 0.25) is 0 Å². The molecule has 18 heavy (non-hydrogen) atoms. The summed E-state index contributed by atoms with van der Waals surface area (Å²) in [5, 5.41) is 1.66. The molecule has 4 heteroatoms. The van der Waals surface area contributed by atoms with E-state index >= 15 is 0 Å². The highest BCUT2D eigenvalue weighted by molar-refractivity contribution is 6.36. The van der Waals surface area contributed by atoms with Crippen LogP contribution in [0.1, 0.15) is 17.7 Å². The Bertz CT molecular complexity index is 625. The molecule has 3 rings (SSSR count). The highest BCUT2D eigenvalue weighted by atomic mass is 35.5. The van der Waals surface area contributed by atoms with E-state index in [1.807, 2.05) is 26.0 Å². The third kappa shape index (κ3) is 1.79. The Morgan fingerprint density at radius 3 is 2.50 bits per heavy atom. The van der Waals surface area contributed by atoms with Crippen LogP contribution in [-0.2, 0) is 0 Å². The molecule has 3 nitrogen and oxygen atoms in total. The van der Waals surface area contributed by atoms with Crippen molar-refractivity contribution >= 4 is 22.5 Å². The molecule has 1 aliphatic rings. The van der Waals surface area contributed by atoms with Gasteiger partial charge in [-0.05, 0) is 25.5 Å². The Morgan fingerprint density at radius 1 is 1.11 bits per heavy atom. The fourth-order valence-corrected chi connectivity index (χ4v) is 2.38. The molecule has 0 bridgehead atoms. The Kier molecular flexibility index (Phi) is 2.78. The summed E-state index contributed by atoms with van der Waals surface area (Å²) in [5.74, 6) is 1.51. The molecular formula is C14H14ClNO2. The Hall–Kier alpha value is -1.48. The van der Waals surface area contributed by atoms with Gasteiger partial charge in [0.25, 0.3) is 0 Å². The molecule has 0 saturated carbocycles. The minimum absolute atomic E-state index is 0.675. The summed E-state index contributed by atoms with van der Waals surface area (Å²) in [7, 11) is 0. The third-order valence-electron chi connectivity index (χ3n) is 3.26. The monoisotopic (exact) mass is 263 g/mol. The van der Waals surface area contributed by atoms with E-state index in [0.29, 0.717) is 13.2 Å². The minimum Gasteiger partial charge on any atom is -0.490 e. The van der Waals surface area contributed by atoms with E-state index in [4.69, 9.17) is 21.1 Å². The summed E-state index contributed by atoms with van der Waals surface area (Å²) in [4.78, 5) is 4.55. The standard InChI is InChI=1S/C14H14ClNO2/c1-8-9(2)16-11-7-13-12(6-10(11)14(8)15)17-4-3-5-18-13/h6-7H,3-5H2,1-2H3. The number of aromatic nitrogens is 1. The maximum absolute atomic E-state index is 6.38. The first kappa shape index (κ1) is 11.6. The second-order valence-electron chi connectivity index (χ2n) is 4.50. The van der Waals surface area contributed by atoms with Crippen LogP contribution in [0.25, 0.3) is 10.9 Å². The van der Waals surface area contributed by atoms with Crippen LogP contribution in [0.5, 0.6) is 11.5 Å². The van der Waals surface area contributed by atoms with E-state index in [2.05, 4.69) is 4.98 Å². The van der Waals surface area contributed by atoms with E-state index in [-0.39, 0.29) is 0 Å². The van der Waals surface area contributed by atoms with Crippen LogP contribution in [0.3, 0.4) is 0 Å². The molecule has 0 amide bonds. The molecule has 1 aromatic carbocycles. The Labute approximate surface area is 111 Å². The molecule has 1 aliphatic heterocycles. The van der Waals surface area contributed by atoms with Gasteiger partial charge in [-0.2, -0.15) is 0 Å².